The zero-order valence-electron chi connectivity index (χ0n) is 17.5. The molecular formula is C24H25BrN2O4. The number of nitrogens with one attached hydrogen (secondary N) is 1. The lowest BCUT2D eigenvalue weighted by Gasteiger charge is -2.32. The Morgan fingerprint density at radius 3 is 2.52 bits per heavy atom. The summed E-state index contributed by atoms with van der Waals surface area (Å²) in [5.41, 5.74) is 1.33. The van der Waals surface area contributed by atoms with Crippen LogP contribution < -0.4 is 5.32 Å². The van der Waals surface area contributed by atoms with Crippen molar-refractivity contribution in [2.45, 2.75) is 32.5 Å². The highest BCUT2D eigenvalue weighted by Crippen LogP contribution is 2.27. The molecule has 0 fully saturated rings. The number of nitrogens with zero attached hydrogens (tertiary/aromatic N) is 1. The average molecular weight is 485 g/mol. The molecule has 0 saturated carbocycles. The number of carbonyl (C=O) groups is 2. The maximum absolute atomic E-state index is 12.7. The van der Waals surface area contributed by atoms with Gasteiger partial charge in [-0.15, -0.1) is 0 Å². The topological polar surface area (TPSA) is 69.6 Å². The Kier molecular flexibility index (Phi) is 7.52. The predicted octanol–water partition coefficient (Wildman–Crippen LogP) is 5.27. The van der Waals surface area contributed by atoms with Gasteiger partial charge in [-0.3, -0.25) is 0 Å². The van der Waals surface area contributed by atoms with Crippen LogP contribution in [0.15, 0.2) is 77.4 Å². The molecule has 1 atom stereocenters. The number of benzene rings is 2. The highest BCUT2D eigenvalue weighted by Gasteiger charge is 2.31. The van der Waals surface area contributed by atoms with E-state index in [4.69, 9.17) is 9.47 Å². The maximum Gasteiger partial charge on any atom is 0.408 e. The summed E-state index contributed by atoms with van der Waals surface area (Å²) in [6, 6.07) is 20.6. The van der Waals surface area contributed by atoms with Crippen LogP contribution in [0.4, 0.5) is 4.79 Å². The van der Waals surface area contributed by atoms with E-state index >= 15 is 0 Å². The number of rotatable bonds is 8. The van der Waals surface area contributed by atoms with Crippen LogP contribution in [-0.2, 0) is 28.2 Å². The number of hydrogen-bond donors (Lipinski definition) is 1. The Hall–Kier alpha value is -3.06. The van der Waals surface area contributed by atoms with Crippen molar-refractivity contribution < 1.29 is 19.1 Å². The minimum Gasteiger partial charge on any atom is -0.461 e. The molecule has 1 amide bonds. The molecule has 162 valence electrons. The van der Waals surface area contributed by atoms with Crippen LogP contribution in [0.25, 0.3) is 0 Å². The van der Waals surface area contributed by atoms with Gasteiger partial charge in [-0.2, -0.15) is 0 Å². The van der Waals surface area contributed by atoms with Gasteiger partial charge in [0, 0.05) is 10.7 Å². The maximum atomic E-state index is 12.7. The third-order valence-corrected chi connectivity index (χ3v) is 5.35. The Bertz CT molecular complexity index is 1030. The lowest BCUT2D eigenvalue weighted by molar-refractivity contribution is 0.0511. The first kappa shape index (κ1) is 22.6. The molecule has 0 aliphatic rings. The molecule has 1 heterocycles. The van der Waals surface area contributed by atoms with Crippen LogP contribution in [-0.4, -0.2) is 23.2 Å². The number of ether oxygens (including phenoxy) is 2. The Morgan fingerprint density at radius 1 is 1.03 bits per heavy atom. The monoisotopic (exact) mass is 484 g/mol. The predicted molar refractivity (Wildman–Crippen MR) is 122 cm³/mol. The van der Waals surface area contributed by atoms with Gasteiger partial charge in [0.2, 0.25) is 0 Å². The number of esters is 1. The third kappa shape index (κ3) is 5.98. The van der Waals surface area contributed by atoms with Gasteiger partial charge in [-0.1, -0.05) is 58.4 Å². The standard InChI is InChI=1S/C24H25BrN2O4/c1-3-30-22(28)21-13-8-14-27(21)17-24(2,19-11-7-12-20(25)15-19)26-23(29)31-16-18-9-5-4-6-10-18/h4-15H,3,16-17H2,1-2H3,(H,26,29). The fraction of sp³-hybridized carbons (Fsp3) is 0.250. The summed E-state index contributed by atoms with van der Waals surface area (Å²) in [7, 11) is 0. The van der Waals surface area contributed by atoms with Crippen LogP contribution in [0, 0.1) is 0 Å². The number of amides is 1. The summed E-state index contributed by atoms with van der Waals surface area (Å²) in [5, 5.41) is 2.99. The zero-order chi connectivity index (χ0) is 22.3. The molecule has 1 aromatic heterocycles. The Balaban J connectivity index is 1.83. The Morgan fingerprint density at radius 2 is 1.81 bits per heavy atom. The fourth-order valence-corrected chi connectivity index (χ4v) is 3.70. The molecule has 0 bridgehead atoms. The molecular weight excluding hydrogens is 460 g/mol. The van der Waals surface area contributed by atoms with Crippen molar-refractivity contribution in [3.05, 3.63) is 94.2 Å². The highest BCUT2D eigenvalue weighted by atomic mass is 79.9. The van der Waals surface area contributed by atoms with Crippen LogP contribution in [0.2, 0.25) is 0 Å². The van der Waals surface area contributed by atoms with E-state index in [0.717, 1.165) is 15.6 Å². The van der Waals surface area contributed by atoms with Gasteiger partial charge >= 0.3 is 12.1 Å². The van der Waals surface area contributed by atoms with E-state index in [9.17, 15) is 9.59 Å². The number of carbonyl (C=O) groups excluding carboxylic acids is 2. The third-order valence-electron chi connectivity index (χ3n) is 4.85. The molecule has 7 heteroatoms. The summed E-state index contributed by atoms with van der Waals surface area (Å²) in [4.78, 5) is 25.0. The molecule has 3 rings (SSSR count). The lowest BCUT2D eigenvalue weighted by atomic mass is 9.92. The second-order valence-electron chi connectivity index (χ2n) is 7.27. The quantitative estimate of drug-likeness (QED) is 0.442. The molecule has 31 heavy (non-hydrogen) atoms. The molecule has 1 N–H and O–H groups in total. The normalized spacial score (nSPS) is 12.6. The van der Waals surface area contributed by atoms with Crippen molar-refractivity contribution in [2.24, 2.45) is 0 Å². The minimum absolute atomic E-state index is 0.166. The first-order chi connectivity index (χ1) is 14.9. The summed E-state index contributed by atoms with van der Waals surface area (Å²) in [5.74, 6) is -0.407. The van der Waals surface area contributed by atoms with Gasteiger partial charge in [0.05, 0.1) is 18.7 Å². The van der Waals surface area contributed by atoms with E-state index in [1.165, 1.54) is 0 Å². The molecule has 6 nitrogen and oxygen atoms in total. The van der Waals surface area contributed by atoms with E-state index in [-0.39, 0.29) is 13.2 Å². The molecule has 3 aromatic rings. The first-order valence-electron chi connectivity index (χ1n) is 9.98. The van der Waals surface area contributed by atoms with Gasteiger partial charge < -0.3 is 19.4 Å². The second kappa shape index (κ2) is 10.3. The van der Waals surface area contributed by atoms with Crippen molar-refractivity contribution in [1.82, 2.24) is 9.88 Å². The van der Waals surface area contributed by atoms with E-state index in [2.05, 4.69) is 21.2 Å². The van der Waals surface area contributed by atoms with Gasteiger partial charge in [0.25, 0.3) is 0 Å². The van der Waals surface area contributed by atoms with Crippen LogP contribution >= 0.6 is 15.9 Å². The van der Waals surface area contributed by atoms with Gasteiger partial charge in [-0.25, -0.2) is 9.59 Å². The van der Waals surface area contributed by atoms with Crippen molar-refractivity contribution in [3.8, 4) is 0 Å². The van der Waals surface area contributed by atoms with Gasteiger partial charge in [0.15, 0.2) is 0 Å². The first-order valence-corrected chi connectivity index (χ1v) is 10.8. The summed E-state index contributed by atoms with van der Waals surface area (Å²) >= 11 is 3.49. The second-order valence-corrected chi connectivity index (χ2v) is 8.19. The molecule has 0 radical (unpaired) electrons. The molecule has 0 aliphatic carbocycles. The minimum atomic E-state index is -0.849. The number of hydrogen-bond acceptors (Lipinski definition) is 4. The van der Waals surface area contributed by atoms with Gasteiger partial charge in [0.1, 0.15) is 12.3 Å². The zero-order valence-corrected chi connectivity index (χ0v) is 19.1. The van der Waals surface area contributed by atoms with Crippen LogP contribution in [0.3, 0.4) is 0 Å². The molecule has 0 aliphatic heterocycles. The average Bonchev–Trinajstić information content (AvgIpc) is 3.21. The molecule has 0 spiro atoms. The number of halogens is 1. The summed E-state index contributed by atoms with van der Waals surface area (Å²) in [6.45, 7) is 4.43. The van der Waals surface area contributed by atoms with E-state index in [1.54, 1.807) is 29.8 Å². The van der Waals surface area contributed by atoms with Crippen molar-refractivity contribution in [1.29, 1.82) is 0 Å². The SMILES string of the molecule is CCOC(=O)c1cccn1CC(C)(NC(=O)OCc1ccccc1)c1cccc(Br)c1. The Labute approximate surface area is 190 Å². The summed E-state index contributed by atoms with van der Waals surface area (Å²) in [6.07, 6.45) is 1.25. The molecule has 0 saturated heterocycles. The smallest absolute Gasteiger partial charge is 0.408 e. The fourth-order valence-electron chi connectivity index (χ4n) is 3.30. The van der Waals surface area contributed by atoms with Crippen LogP contribution in [0.1, 0.15) is 35.5 Å². The summed E-state index contributed by atoms with van der Waals surface area (Å²) < 4.78 is 13.3. The van der Waals surface area contributed by atoms with Crippen molar-refractivity contribution in [3.63, 3.8) is 0 Å². The van der Waals surface area contributed by atoms with Crippen molar-refractivity contribution in [2.75, 3.05) is 6.61 Å². The lowest BCUT2D eigenvalue weighted by Crippen LogP contribution is -2.47. The van der Waals surface area contributed by atoms with Gasteiger partial charge in [-0.05, 0) is 49.2 Å². The van der Waals surface area contributed by atoms with Crippen LogP contribution in [0.5, 0.6) is 0 Å². The largest absolute Gasteiger partial charge is 0.461 e. The van der Waals surface area contributed by atoms with E-state index in [0.29, 0.717) is 12.2 Å². The van der Waals surface area contributed by atoms with E-state index in [1.807, 2.05) is 61.5 Å². The highest BCUT2D eigenvalue weighted by molar-refractivity contribution is 9.10. The molecule has 1 unspecified atom stereocenters. The van der Waals surface area contributed by atoms with Crippen molar-refractivity contribution >= 4 is 28.0 Å². The molecule has 2 aromatic carbocycles. The number of alkyl carbamates (subject to hydrolysis) is 1. The van der Waals surface area contributed by atoms with E-state index < -0.39 is 17.6 Å². The number of aromatic nitrogens is 1.